The number of rotatable bonds is 5. The van der Waals surface area contributed by atoms with Crippen LogP contribution in [0.1, 0.15) is 41.6 Å². The second-order valence-corrected chi connectivity index (χ2v) is 8.74. The molecule has 1 saturated heterocycles. The number of para-hydroxylation sites is 1. The number of fused-ring (bicyclic) bond motifs is 1. The molecule has 0 aliphatic carbocycles. The average molecular weight is 470 g/mol. The van der Waals surface area contributed by atoms with Crippen LogP contribution in [-0.2, 0) is 16.0 Å². The van der Waals surface area contributed by atoms with Crippen LogP contribution in [0.2, 0.25) is 0 Å². The number of nitrogens with zero attached hydrogens (tertiary/aromatic N) is 1. The molecule has 1 unspecified atom stereocenters. The van der Waals surface area contributed by atoms with Gasteiger partial charge in [-0.25, -0.2) is 0 Å². The lowest BCUT2D eigenvalue weighted by atomic mass is 9.93. The number of anilines is 1. The summed E-state index contributed by atoms with van der Waals surface area (Å²) in [5, 5.41) is 11.5. The van der Waals surface area contributed by atoms with Crippen molar-refractivity contribution in [2.45, 2.75) is 32.7 Å². The summed E-state index contributed by atoms with van der Waals surface area (Å²) in [5.74, 6) is -0.166. The van der Waals surface area contributed by atoms with E-state index in [4.69, 9.17) is 9.47 Å². The van der Waals surface area contributed by atoms with Crippen LogP contribution in [0.3, 0.4) is 0 Å². The Balaban J connectivity index is 1.71. The predicted octanol–water partition coefficient (Wildman–Crippen LogP) is 5.35. The lowest BCUT2D eigenvalue weighted by Crippen LogP contribution is -2.30. The molecule has 2 aliphatic rings. The molecule has 1 atom stereocenters. The normalized spacial score (nSPS) is 18.8. The lowest BCUT2D eigenvalue weighted by molar-refractivity contribution is -0.132. The molecular weight excluding hydrogens is 442 g/mol. The maximum atomic E-state index is 13.4. The summed E-state index contributed by atoms with van der Waals surface area (Å²) in [4.78, 5) is 28.3. The van der Waals surface area contributed by atoms with Crippen molar-refractivity contribution in [1.82, 2.24) is 0 Å². The van der Waals surface area contributed by atoms with Gasteiger partial charge in [-0.1, -0.05) is 30.3 Å². The molecule has 178 valence electrons. The summed E-state index contributed by atoms with van der Waals surface area (Å²) >= 11 is 0. The van der Waals surface area contributed by atoms with Crippen LogP contribution in [0.25, 0.3) is 5.76 Å². The SMILES string of the molecule is CCOc1cccc(C2/C(=C(/O)c3ccc4c(c3)CCCO4)C(=O)C(=O)N2c2ccccc2C)c1. The van der Waals surface area contributed by atoms with E-state index in [9.17, 15) is 14.7 Å². The second kappa shape index (κ2) is 9.29. The van der Waals surface area contributed by atoms with Gasteiger partial charge < -0.3 is 14.6 Å². The smallest absolute Gasteiger partial charge is 0.300 e. The van der Waals surface area contributed by atoms with E-state index in [-0.39, 0.29) is 11.3 Å². The Labute approximate surface area is 204 Å². The first-order chi connectivity index (χ1) is 17.0. The van der Waals surface area contributed by atoms with E-state index in [1.54, 1.807) is 6.07 Å². The van der Waals surface area contributed by atoms with Crippen molar-refractivity contribution in [3.8, 4) is 11.5 Å². The van der Waals surface area contributed by atoms with Gasteiger partial charge in [-0.2, -0.15) is 0 Å². The summed E-state index contributed by atoms with van der Waals surface area (Å²) < 4.78 is 11.4. The number of benzene rings is 3. The maximum Gasteiger partial charge on any atom is 0.300 e. The molecule has 35 heavy (non-hydrogen) atoms. The van der Waals surface area contributed by atoms with E-state index >= 15 is 0 Å². The topological polar surface area (TPSA) is 76.1 Å². The Bertz CT molecular complexity index is 1340. The molecule has 1 fully saturated rings. The molecule has 6 nitrogen and oxygen atoms in total. The van der Waals surface area contributed by atoms with Crippen LogP contribution in [-0.4, -0.2) is 30.0 Å². The number of aliphatic hydroxyl groups excluding tert-OH is 1. The molecule has 0 bridgehead atoms. The number of ether oxygens (including phenoxy) is 2. The van der Waals surface area contributed by atoms with Gasteiger partial charge in [-0.15, -0.1) is 0 Å². The zero-order chi connectivity index (χ0) is 24.5. The van der Waals surface area contributed by atoms with Gasteiger partial charge in [-0.05, 0) is 79.8 Å². The summed E-state index contributed by atoms with van der Waals surface area (Å²) in [5.41, 5.74) is 3.68. The van der Waals surface area contributed by atoms with Crippen molar-refractivity contribution in [3.05, 3.63) is 94.6 Å². The number of aryl methyl sites for hydroxylation is 2. The van der Waals surface area contributed by atoms with Crippen molar-refractivity contribution in [2.75, 3.05) is 18.1 Å². The van der Waals surface area contributed by atoms with Crippen LogP contribution in [0, 0.1) is 6.92 Å². The van der Waals surface area contributed by atoms with Crippen LogP contribution < -0.4 is 14.4 Å². The molecule has 6 heteroatoms. The van der Waals surface area contributed by atoms with Gasteiger partial charge in [0.15, 0.2) is 0 Å². The Morgan fingerprint density at radius 1 is 1.09 bits per heavy atom. The molecule has 2 aliphatic heterocycles. The zero-order valence-electron chi connectivity index (χ0n) is 19.8. The van der Waals surface area contributed by atoms with Crippen molar-refractivity contribution < 1.29 is 24.2 Å². The third kappa shape index (κ3) is 4.05. The predicted molar refractivity (Wildman–Crippen MR) is 134 cm³/mol. The first kappa shape index (κ1) is 22.7. The zero-order valence-corrected chi connectivity index (χ0v) is 19.8. The van der Waals surface area contributed by atoms with Crippen LogP contribution >= 0.6 is 0 Å². The minimum atomic E-state index is -0.802. The van der Waals surface area contributed by atoms with Gasteiger partial charge in [0.05, 0.1) is 24.8 Å². The Hall–Kier alpha value is -4.06. The third-order valence-corrected chi connectivity index (χ3v) is 6.49. The van der Waals surface area contributed by atoms with Gasteiger partial charge in [0.1, 0.15) is 17.3 Å². The number of hydrogen-bond donors (Lipinski definition) is 1. The highest BCUT2D eigenvalue weighted by atomic mass is 16.5. The fourth-order valence-corrected chi connectivity index (χ4v) is 4.83. The first-order valence-electron chi connectivity index (χ1n) is 11.8. The van der Waals surface area contributed by atoms with Crippen LogP contribution in [0.15, 0.2) is 72.3 Å². The summed E-state index contributed by atoms with van der Waals surface area (Å²) in [7, 11) is 0. The van der Waals surface area contributed by atoms with E-state index in [1.165, 1.54) is 4.90 Å². The van der Waals surface area contributed by atoms with Crippen molar-refractivity contribution >= 4 is 23.1 Å². The lowest BCUT2D eigenvalue weighted by Gasteiger charge is -2.27. The Morgan fingerprint density at radius 2 is 1.91 bits per heavy atom. The standard InChI is InChI=1S/C29H27NO5/c1-3-34-22-11-6-9-20(17-22)26-25(27(31)21-13-14-24-19(16-21)10-7-15-35-24)28(32)29(33)30(26)23-12-5-4-8-18(23)2/h4-6,8-9,11-14,16-17,26,31H,3,7,10,15H2,1-2H3/b27-25-. The third-order valence-electron chi connectivity index (χ3n) is 6.49. The summed E-state index contributed by atoms with van der Waals surface area (Å²) in [6, 6.07) is 19.3. The van der Waals surface area contributed by atoms with Crippen LogP contribution in [0.5, 0.6) is 11.5 Å². The van der Waals surface area contributed by atoms with E-state index in [0.717, 1.165) is 29.7 Å². The molecular formula is C29H27NO5. The van der Waals surface area contributed by atoms with E-state index in [0.29, 0.717) is 35.8 Å². The fraction of sp³-hybridized carbons (Fsp3) is 0.241. The minimum Gasteiger partial charge on any atom is -0.507 e. The number of carbonyl (C=O) groups excluding carboxylic acids is 2. The Kier molecular flexibility index (Phi) is 6.03. The molecule has 0 spiro atoms. The molecule has 0 saturated carbocycles. The fourth-order valence-electron chi connectivity index (χ4n) is 4.83. The minimum absolute atomic E-state index is 0.0589. The molecule has 1 amide bonds. The molecule has 0 radical (unpaired) electrons. The largest absolute Gasteiger partial charge is 0.507 e. The van der Waals surface area contributed by atoms with Gasteiger partial charge >= 0.3 is 0 Å². The molecule has 1 N–H and O–H groups in total. The quantitative estimate of drug-likeness (QED) is 0.310. The second-order valence-electron chi connectivity index (χ2n) is 8.74. The average Bonchev–Trinajstić information content (AvgIpc) is 3.14. The number of amides is 1. The van der Waals surface area contributed by atoms with E-state index < -0.39 is 17.7 Å². The molecule has 5 rings (SSSR count). The number of carbonyl (C=O) groups is 2. The molecule has 3 aromatic rings. The monoisotopic (exact) mass is 469 g/mol. The van der Waals surface area contributed by atoms with Crippen molar-refractivity contribution in [3.63, 3.8) is 0 Å². The van der Waals surface area contributed by atoms with Gasteiger partial charge in [0, 0.05) is 11.3 Å². The highest BCUT2D eigenvalue weighted by Gasteiger charge is 2.47. The summed E-state index contributed by atoms with van der Waals surface area (Å²) in [6.07, 6.45) is 1.72. The van der Waals surface area contributed by atoms with Gasteiger partial charge in [-0.3, -0.25) is 14.5 Å². The molecule has 3 aromatic carbocycles. The maximum absolute atomic E-state index is 13.4. The molecule has 0 aromatic heterocycles. The highest BCUT2D eigenvalue weighted by Crippen LogP contribution is 2.44. The van der Waals surface area contributed by atoms with Crippen molar-refractivity contribution in [1.29, 1.82) is 0 Å². The van der Waals surface area contributed by atoms with E-state index in [2.05, 4.69) is 0 Å². The first-order valence-corrected chi connectivity index (χ1v) is 11.8. The number of aliphatic hydroxyl groups is 1. The number of Topliss-reactive ketones (excluding diaryl/α,β-unsaturated/α-hetero) is 1. The van der Waals surface area contributed by atoms with E-state index in [1.807, 2.05) is 74.5 Å². The Morgan fingerprint density at radius 3 is 2.71 bits per heavy atom. The number of ketones is 1. The summed E-state index contributed by atoms with van der Waals surface area (Å²) in [6.45, 7) is 4.94. The highest BCUT2D eigenvalue weighted by molar-refractivity contribution is 6.51. The van der Waals surface area contributed by atoms with Crippen LogP contribution in [0.4, 0.5) is 5.69 Å². The molecule has 2 heterocycles. The number of hydrogen-bond acceptors (Lipinski definition) is 5. The van der Waals surface area contributed by atoms with Crippen molar-refractivity contribution in [2.24, 2.45) is 0 Å². The van der Waals surface area contributed by atoms with Gasteiger partial charge in [0.2, 0.25) is 0 Å². The van der Waals surface area contributed by atoms with Gasteiger partial charge in [0.25, 0.3) is 11.7 Å².